The van der Waals surface area contributed by atoms with Crippen molar-refractivity contribution >= 4 is 11.1 Å². The standard InChI is InChI=1S/C19H13NO2/c21-15-8-4-7-14(11-15)18-12-17-19(22-18)16(9-10-20-17)13-5-2-1-3-6-13/h1-12,21H. The van der Waals surface area contributed by atoms with Crippen molar-refractivity contribution < 1.29 is 9.52 Å². The van der Waals surface area contributed by atoms with Gasteiger partial charge in [-0.2, -0.15) is 0 Å². The van der Waals surface area contributed by atoms with E-state index in [9.17, 15) is 5.11 Å². The highest BCUT2D eigenvalue weighted by Gasteiger charge is 2.12. The van der Waals surface area contributed by atoms with Crippen LogP contribution in [0.3, 0.4) is 0 Å². The minimum Gasteiger partial charge on any atom is -0.508 e. The Morgan fingerprint density at radius 2 is 1.64 bits per heavy atom. The van der Waals surface area contributed by atoms with Crippen molar-refractivity contribution in [1.82, 2.24) is 4.98 Å². The lowest BCUT2D eigenvalue weighted by Gasteiger charge is -2.01. The van der Waals surface area contributed by atoms with Crippen LogP contribution in [0.5, 0.6) is 5.75 Å². The molecule has 4 aromatic rings. The molecule has 0 aliphatic rings. The Kier molecular flexibility index (Phi) is 2.90. The molecule has 0 bridgehead atoms. The van der Waals surface area contributed by atoms with Crippen molar-refractivity contribution in [3.05, 3.63) is 72.9 Å². The van der Waals surface area contributed by atoms with E-state index in [1.807, 2.05) is 48.5 Å². The zero-order valence-corrected chi connectivity index (χ0v) is 11.7. The van der Waals surface area contributed by atoms with Crippen LogP contribution >= 0.6 is 0 Å². The first-order valence-corrected chi connectivity index (χ1v) is 7.05. The van der Waals surface area contributed by atoms with E-state index >= 15 is 0 Å². The Balaban J connectivity index is 1.92. The Hall–Kier alpha value is -3.07. The van der Waals surface area contributed by atoms with E-state index in [-0.39, 0.29) is 5.75 Å². The van der Waals surface area contributed by atoms with E-state index in [4.69, 9.17) is 4.42 Å². The summed E-state index contributed by atoms with van der Waals surface area (Å²) >= 11 is 0. The van der Waals surface area contributed by atoms with Crippen LogP contribution in [0, 0.1) is 0 Å². The van der Waals surface area contributed by atoms with Gasteiger partial charge >= 0.3 is 0 Å². The summed E-state index contributed by atoms with van der Waals surface area (Å²) in [6.07, 6.45) is 1.78. The second-order valence-corrected chi connectivity index (χ2v) is 5.10. The summed E-state index contributed by atoms with van der Waals surface area (Å²) in [6, 6.07) is 21.0. The average Bonchev–Trinajstić information content (AvgIpc) is 3.00. The fraction of sp³-hybridized carbons (Fsp3) is 0. The lowest BCUT2D eigenvalue weighted by molar-refractivity contribution is 0.475. The second-order valence-electron chi connectivity index (χ2n) is 5.10. The molecule has 106 valence electrons. The first-order chi connectivity index (χ1) is 10.8. The van der Waals surface area contributed by atoms with E-state index in [0.29, 0.717) is 5.76 Å². The lowest BCUT2D eigenvalue weighted by Crippen LogP contribution is -1.79. The highest BCUT2D eigenvalue weighted by atomic mass is 16.3. The molecule has 2 aromatic carbocycles. The number of pyridine rings is 1. The predicted molar refractivity (Wildman–Crippen MR) is 86.5 cm³/mol. The van der Waals surface area contributed by atoms with Crippen LogP contribution in [0.1, 0.15) is 0 Å². The molecular weight excluding hydrogens is 274 g/mol. The Morgan fingerprint density at radius 3 is 2.45 bits per heavy atom. The summed E-state index contributed by atoms with van der Waals surface area (Å²) in [5, 5.41) is 9.62. The molecule has 22 heavy (non-hydrogen) atoms. The molecule has 1 N–H and O–H groups in total. The Bertz CT molecular complexity index is 942. The normalized spacial score (nSPS) is 10.9. The zero-order valence-electron chi connectivity index (χ0n) is 11.7. The summed E-state index contributed by atoms with van der Waals surface area (Å²) in [7, 11) is 0. The van der Waals surface area contributed by atoms with Crippen molar-refractivity contribution in [2.24, 2.45) is 0 Å². The molecule has 3 heteroatoms. The van der Waals surface area contributed by atoms with E-state index in [2.05, 4.69) is 4.98 Å². The largest absolute Gasteiger partial charge is 0.508 e. The molecule has 0 atom stereocenters. The molecule has 4 rings (SSSR count). The molecule has 0 saturated carbocycles. The number of phenols is 1. The van der Waals surface area contributed by atoms with Gasteiger partial charge in [-0.05, 0) is 23.8 Å². The van der Waals surface area contributed by atoms with Gasteiger partial charge in [0.2, 0.25) is 0 Å². The van der Waals surface area contributed by atoms with Crippen molar-refractivity contribution in [1.29, 1.82) is 0 Å². The van der Waals surface area contributed by atoms with E-state index in [0.717, 1.165) is 27.8 Å². The summed E-state index contributed by atoms with van der Waals surface area (Å²) in [4.78, 5) is 4.38. The summed E-state index contributed by atoms with van der Waals surface area (Å²) in [5.74, 6) is 0.913. The molecule has 0 spiro atoms. The monoisotopic (exact) mass is 287 g/mol. The van der Waals surface area contributed by atoms with Gasteiger partial charge in [-0.3, -0.25) is 4.98 Å². The maximum atomic E-state index is 9.62. The molecule has 0 fully saturated rings. The summed E-state index contributed by atoms with van der Waals surface area (Å²) < 4.78 is 6.02. The molecule has 3 nitrogen and oxygen atoms in total. The number of fused-ring (bicyclic) bond motifs is 1. The van der Waals surface area contributed by atoms with Crippen LogP contribution in [0.2, 0.25) is 0 Å². The van der Waals surface area contributed by atoms with Gasteiger partial charge in [0.1, 0.15) is 17.0 Å². The van der Waals surface area contributed by atoms with Gasteiger partial charge in [0.15, 0.2) is 5.58 Å². The SMILES string of the molecule is Oc1cccc(-c2cc3nccc(-c4ccccc4)c3o2)c1. The van der Waals surface area contributed by atoms with Gasteiger partial charge in [-0.15, -0.1) is 0 Å². The summed E-state index contributed by atoms with van der Waals surface area (Å²) in [6.45, 7) is 0. The zero-order chi connectivity index (χ0) is 14.9. The minimum absolute atomic E-state index is 0.217. The molecular formula is C19H13NO2. The van der Waals surface area contributed by atoms with E-state index < -0.39 is 0 Å². The summed E-state index contributed by atoms with van der Waals surface area (Å²) in [5.41, 5.74) is 4.49. The predicted octanol–water partition coefficient (Wildman–Crippen LogP) is 4.87. The van der Waals surface area contributed by atoms with Gasteiger partial charge in [0.25, 0.3) is 0 Å². The number of phenolic OH excluding ortho intramolecular Hbond substituents is 1. The fourth-order valence-corrected chi connectivity index (χ4v) is 2.58. The van der Waals surface area contributed by atoms with Crippen LogP contribution in [0.15, 0.2) is 77.3 Å². The van der Waals surface area contributed by atoms with E-state index in [1.54, 1.807) is 24.4 Å². The van der Waals surface area contributed by atoms with Gasteiger partial charge in [-0.1, -0.05) is 42.5 Å². The molecule has 0 amide bonds. The molecule has 0 radical (unpaired) electrons. The van der Waals surface area contributed by atoms with Gasteiger partial charge in [0.05, 0.1) is 0 Å². The maximum Gasteiger partial charge on any atom is 0.161 e. The maximum absolute atomic E-state index is 9.62. The number of rotatable bonds is 2. The van der Waals surface area contributed by atoms with Crippen LogP contribution in [0.25, 0.3) is 33.6 Å². The fourth-order valence-electron chi connectivity index (χ4n) is 2.58. The minimum atomic E-state index is 0.217. The Labute approximate surface area is 127 Å². The lowest BCUT2D eigenvalue weighted by atomic mass is 10.1. The Morgan fingerprint density at radius 1 is 0.818 bits per heavy atom. The smallest absolute Gasteiger partial charge is 0.161 e. The average molecular weight is 287 g/mol. The number of aromatic hydroxyl groups is 1. The van der Waals surface area contributed by atoms with Crippen LogP contribution in [-0.4, -0.2) is 10.1 Å². The van der Waals surface area contributed by atoms with Gasteiger partial charge in [0, 0.05) is 23.4 Å². The third-order valence-corrected chi connectivity index (χ3v) is 3.63. The molecule has 0 unspecified atom stereocenters. The number of nitrogens with zero attached hydrogens (tertiary/aromatic N) is 1. The van der Waals surface area contributed by atoms with Gasteiger partial charge < -0.3 is 9.52 Å². The van der Waals surface area contributed by atoms with Crippen LogP contribution in [-0.2, 0) is 0 Å². The molecule has 0 aliphatic heterocycles. The van der Waals surface area contributed by atoms with Crippen molar-refractivity contribution in [3.8, 4) is 28.2 Å². The number of hydrogen-bond acceptors (Lipinski definition) is 3. The van der Waals surface area contributed by atoms with E-state index in [1.165, 1.54) is 0 Å². The van der Waals surface area contributed by atoms with Crippen molar-refractivity contribution in [2.45, 2.75) is 0 Å². The number of aromatic nitrogens is 1. The quantitative estimate of drug-likeness (QED) is 0.572. The molecule has 0 aliphatic carbocycles. The number of benzene rings is 2. The third-order valence-electron chi connectivity index (χ3n) is 3.63. The number of furan rings is 1. The van der Waals surface area contributed by atoms with Crippen molar-refractivity contribution in [3.63, 3.8) is 0 Å². The first kappa shape index (κ1) is 12.7. The highest BCUT2D eigenvalue weighted by molar-refractivity contribution is 5.92. The van der Waals surface area contributed by atoms with Crippen molar-refractivity contribution in [2.75, 3.05) is 0 Å². The third kappa shape index (κ3) is 2.13. The van der Waals surface area contributed by atoms with Crippen LogP contribution in [0.4, 0.5) is 0 Å². The number of hydrogen-bond donors (Lipinski definition) is 1. The van der Waals surface area contributed by atoms with Crippen LogP contribution < -0.4 is 0 Å². The first-order valence-electron chi connectivity index (χ1n) is 7.05. The molecule has 2 aromatic heterocycles. The molecule has 2 heterocycles. The van der Waals surface area contributed by atoms with Gasteiger partial charge in [-0.25, -0.2) is 0 Å². The highest BCUT2D eigenvalue weighted by Crippen LogP contribution is 2.34. The second kappa shape index (κ2) is 5.04. The molecule has 0 saturated heterocycles. The topological polar surface area (TPSA) is 46.3 Å².